The summed E-state index contributed by atoms with van der Waals surface area (Å²) < 4.78 is 43.2. The number of alkyl halides is 3. The van der Waals surface area contributed by atoms with E-state index in [1.165, 1.54) is 12.3 Å². The van der Waals surface area contributed by atoms with E-state index in [2.05, 4.69) is 9.98 Å². The van der Waals surface area contributed by atoms with Crippen LogP contribution in [-0.4, -0.2) is 29.1 Å². The topological polar surface area (TPSA) is 89.6 Å². The van der Waals surface area contributed by atoms with Crippen molar-refractivity contribution in [2.24, 2.45) is 10.7 Å². The number of halogens is 3. The van der Waals surface area contributed by atoms with Crippen molar-refractivity contribution in [2.45, 2.75) is 32.5 Å². The predicted molar refractivity (Wildman–Crippen MR) is 79.0 cm³/mol. The van der Waals surface area contributed by atoms with Crippen molar-refractivity contribution in [3.8, 4) is 0 Å². The Morgan fingerprint density at radius 3 is 2.48 bits per heavy atom. The third-order valence-electron chi connectivity index (χ3n) is 2.21. The molecule has 0 radical (unpaired) electrons. The highest BCUT2D eigenvalue weighted by atomic mass is 19.4. The fourth-order valence-corrected chi connectivity index (χ4v) is 1.30. The van der Waals surface area contributed by atoms with Gasteiger partial charge in [-0.25, -0.2) is 14.8 Å². The molecule has 1 aromatic rings. The van der Waals surface area contributed by atoms with Crippen molar-refractivity contribution in [1.82, 2.24) is 10.3 Å². The Hall–Kier alpha value is -2.58. The standard InChI is InChI=1S/C14H17F3N4O2/c1-13(2,3)23-12(22)21-9(11(18)14(15,16)17)8-20-10-6-4-5-7-19-10/h4-8H,18H2,1-3H3,(H,21,22). The minimum Gasteiger partial charge on any atom is -0.444 e. The number of hydrogen-bond acceptors (Lipinski definition) is 5. The molecule has 3 N–H and O–H groups in total. The summed E-state index contributed by atoms with van der Waals surface area (Å²) in [4.78, 5) is 19.2. The lowest BCUT2D eigenvalue weighted by molar-refractivity contribution is -0.0933. The Bertz CT molecular complexity index is 605. The number of aromatic nitrogens is 1. The molecule has 23 heavy (non-hydrogen) atoms. The van der Waals surface area contributed by atoms with E-state index >= 15 is 0 Å². The number of allylic oxidation sites excluding steroid dienone is 2. The van der Waals surface area contributed by atoms with Crippen LogP contribution >= 0.6 is 0 Å². The van der Waals surface area contributed by atoms with Gasteiger partial charge >= 0.3 is 12.3 Å². The SMILES string of the molecule is CC(C)(C)OC(=O)NC(C=Nc1ccccn1)=C(N)C(F)(F)F. The molecule has 0 saturated carbocycles. The second-order valence-corrected chi connectivity index (χ2v) is 5.40. The van der Waals surface area contributed by atoms with E-state index in [9.17, 15) is 18.0 Å². The van der Waals surface area contributed by atoms with Gasteiger partial charge in [0.1, 0.15) is 11.3 Å². The zero-order chi connectivity index (χ0) is 17.7. The second kappa shape index (κ2) is 7.12. The lowest BCUT2D eigenvalue weighted by Crippen LogP contribution is -2.36. The third kappa shape index (κ3) is 6.81. The molecule has 0 aliphatic heterocycles. The number of pyridine rings is 1. The summed E-state index contributed by atoms with van der Waals surface area (Å²) >= 11 is 0. The molecule has 126 valence electrons. The average Bonchev–Trinajstić information content (AvgIpc) is 2.40. The van der Waals surface area contributed by atoms with Crippen LogP contribution in [0, 0.1) is 0 Å². The first-order valence-electron chi connectivity index (χ1n) is 6.51. The van der Waals surface area contributed by atoms with Crippen LogP contribution in [0.15, 0.2) is 40.8 Å². The summed E-state index contributed by atoms with van der Waals surface area (Å²) in [7, 11) is 0. The van der Waals surface area contributed by atoms with Crippen LogP contribution in [0.25, 0.3) is 0 Å². The summed E-state index contributed by atoms with van der Waals surface area (Å²) in [5.41, 5.74) is 1.95. The Kier molecular flexibility index (Phi) is 5.72. The molecule has 0 aliphatic rings. The van der Waals surface area contributed by atoms with Gasteiger partial charge in [-0.1, -0.05) is 6.07 Å². The molecule has 0 aromatic carbocycles. The zero-order valence-corrected chi connectivity index (χ0v) is 12.8. The van der Waals surface area contributed by atoms with Crippen LogP contribution in [0.5, 0.6) is 0 Å². The number of aliphatic imine (C=N–C) groups is 1. The fourth-order valence-electron chi connectivity index (χ4n) is 1.30. The van der Waals surface area contributed by atoms with Crippen LogP contribution in [0.1, 0.15) is 20.8 Å². The van der Waals surface area contributed by atoms with Gasteiger partial charge in [0.15, 0.2) is 5.82 Å². The highest BCUT2D eigenvalue weighted by Gasteiger charge is 2.35. The minimum atomic E-state index is -4.83. The van der Waals surface area contributed by atoms with E-state index in [0.29, 0.717) is 0 Å². The quantitative estimate of drug-likeness (QED) is 0.834. The maximum Gasteiger partial charge on any atom is 0.432 e. The van der Waals surface area contributed by atoms with Gasteiger partial charge < -0.3 is 10.5 Å². The maximum atomic E-state index is 12.8. The number of carbonyl (C=O) groups excluding carboxylic acids is 1. The van der Waals surface area contributed by atoms with Gasteiger partial charge in [0.05, 0.1) is 11.9 Å². The molecule has 0 aliphatic carbocycles. The molecule has 0 atom stereocenters. The summed E-state index contributed by atoms with van der Waals surface area (Å²) in [6.07, 6.45) is -3.72. The predicted octanol–water partition coefficient (Wildman–Crippen LogP) is 3.04. The molecule has 0 saturated heterocycles. The maximum absolute atomic E-state index is 12.8. The van der Waals surface area contributed by atoms with Crippen LogP contribution in [0.4, 0.5) is 23.8 Å². The van der Waals surface area contributed by atoms with Crippen molar-refractivity contribution in [1.29, 1.82) is 0 Å². The number of amides is 1. The fraction of sp³-hybridized carbons (Fsp3) is 0.357. The minimum absolute atomic E-state index is 0.158. The van der Waals surface area contributed by atoms with E-state index < -0.39 is 29.3 Å². The van der Waals surface area contributed by atoms with Gasteiger partial charge in [-0.15, -0.1) is 0 Å². The van der Waals surface area contributed by atoms with Crippen molar-refractivity contribution < 1.29 is 22.7 Å². The van der Waals surface area contributed by atoms with Gasteiger partial charge in [-0.2, -0.15) is 13.2 Å². The molecule has 0 spiro atoms. The summed E-state index contributed by atoms with van der Waals surface area (Å²) in [5, 5.41) is 1.95. The Labute approximate surface area is 131 Å². The molecule has 1 rings (SSSR count). The molecule has 6 nitrogen and oxygen atoms in total. The number of nitrogens with one attached hydrogen (secondary N) is 1. The van der Waals surface area contributed by atoms with Gasteiger partial charge in [-0.3, -0.25) is 5.32 Å². The zero-order valence-electron chi connectivity index (χ0n) is 12.8. The van der Waals surface area contributed by atoms with E-state index in [-0.39, 0.29) is 5.82 Å². The Morgan fingerprint density at radius 1 is 1.35 bits per heavy atom. The van der Waals surface area contributed by atoms with Crippen LogP contribution in [0.2, 0.25) is 0 Å². The van der Waals surface area contributed by atoms with Gasteiger partial charge in [-0.05, 0) is 32.9 Å². The summed E-state index contributed by atoms with van der Waals surface area (Å²) in [5.74, 6) is 0.158. The van der Waals surface area contributed by atoms with Crippen LogP contribution in [0.3, 0.4) is 0 Å². The number of hydrogen-bond donors (Lipinski definition) is 2. The van der Waals surface area contributed by atoms with Crippen molar-refractivity contribution in [3.63, 3.8) is 0 Å². The molecule has 1 heterocycles. The highest BCUT2D eigenvalue weighted by Crippen LogP contribution is 2.23. The second-order valence-electron chi connectivity index (χ2n) is 5.40. The van der Waals surface area contributed by atoms with Crippen molar-refractivity contribution in [2.75, 3.05) is 0 Å². The Balaban J connectivity index is 3.05. The number of alkyl carbamates (subject to hydrolysis) is 1. The first-order valence-corrected chi connectivity index (χ1v) is 6.51. The van der Waals surface area contributed by atoms with Crippen LogP contribution in [-0.2, 0) is 4.74 Å². The van der Waals surface area contributed by atoms with E-state index in [1.807, 2.05) is 5.32 Å². The number of ether oxygens (including phenoxy) is 1. The molecule has 1 aromatic heterocycles. The van der Waals surface area contributed by atoms with E-state index in [4.69, 9.17) is 10.5 Å². The van der Waals surface area contributed by atoms with Crippen molar-refractivity contribution in [3.05, 3.63) is 35.8 Å². The molecular weight excluding hydrogens is 313 g/mol. The van der Waals surface area contributed by atoms with E-state index in [1.54, 1.807) is 32.9 Å². The molecule has 0 bridgehead atoms. The number of nitrogens with two attached hydrogens (primary N) is 1. The van der Waals surface area contributed by atoms with Gasteiger partial charge in [0.2, 0.25) is 0 Å². The first kappa shape index (κ1) is 18.5. The molecule has 1 amide bonds. The number of nitrogens with zero attached hydrogens (tertiary/aromatic N) is 2. The smallest absolute Gasteiger partial charge is 0.432 e. The summed E-state index contributed by atoms with van der Waals surface area (Å²) in [6.45, 7) is 4.72. The summed E-state index contributed by atoms with van der Waals surface area (Å²) in [6, 6.07) is 4.71. The lowest BCUT2D eigenvalue weighted by Gasteiger charge is -2.20. The van der Waals surface area contributed by atoms with Gasteiger partial charge in [0.25, 0.3) is 0 Å². The number of carbonyl (C=O) groups is 1. The first-order chi connectivity index (χ1) is 10.5. The molecule has 9 heteroatoms. The monoisotopic (exact) mass is 330 g/mol. The molecule has 0 fully saturated rings. The lowest BCUT2D eigenvalue weighted by atomic mass is 10.2. The molecule has 0 unspecified atom stereocenters. The largest absolute Gasteiger partial charge is 0.444 e. The van der Waals surface area contributed by atoms with Gasteiger partial charge in [0, 0.05) is 6.20 Å². The third-order valence-corrected chi connectivity index (χ3v) is 2.21. The highest BCUT2D eigenvalue weighted by molar-refractivity contribution is 5.87. The van der Waals surface area contributed by atoms with Crippen LogP contribution < -0.4 is 11.1 Å². The average molecular weight is 330 g/mol. The normalized spacial score (nSPS) is 13.7. The molecular formula is C14H17F3N4O2. The van der Waals surface area contributed by atoms with E-state index in [0.717, 1.165) is 6.21 Å². The van der Waals surface area contributed by atoms with Crippen molar-refractivity contribution >= 4 is 18.1 Å². The Morgan fingerprint density at radius 2 is 2.00 bits per heavy atom. The number of rotatable bonds is 3.